The second-order valence-corrected chi connectivity index (χ2v) is 3.25. The molecule has 1 aliphatic rings. The molecule has 0 heterocycles. The van der Waals surface area contributed by atoms with Gasteiger partial charge in [-0.3, -0.25) is 0 Å². The van der Waals surface area contributed by atoms with Crippen LogP contribution in [0.25, 0.3) is 0 Å². The first-order valence-electron chi connectivity index (χ1n) is 3.88. The van der Waals surface area contributed by atoms with Gasteiger partial charge in [0.1, 0.15) is 0 Å². The molecule has 3 N–H and O–H groups in total. The van der Waals surface area contributed by atoms with Crippen LogP contribution in [0.3, 0.4) is 0 Å². The van der Waals surface area contributed by atoms with E-state index in [1.165, 1.54) is 0 Å². The maximum Gasteiger partial charge on any atom is 0.0865 e. The third kappa shape index (κ3) is 1.52. The molecule has 0 aromatic rings. The quantitative estimate of drug-likeness (QED) is 0.586. The molecule has 0 saturated carbocycles. The van der Waals surface area contributed by atoms with Gasteiger partial charge in [-0.2, -0.15) is 0 Å². The van der Waals surface area contributed by atoms with Crippen molar-refractivity contribution >= 4 is 0 Å². The fraction of sp³-hybridized carbons (Fsp3) is 0.556. The van der Waals surface area contributed by atoms with Gasteiger partial charge in [0.05, 0.1) is 5.60 Å². The molecule has 62 valence electrons. The van der Waals surface area contributed by atoms with Gasteiger partial charge in [-0.25, -0.2) is 0 Å². The molecule has 2 nitrogen and oxygen atoms in total. The zero-order valence-corrected chi connectivity index (χ0v) is 7.04. The van der Waals surface area contributed by atoms with Crippen molar-refractivity contribution in [3.63, 3.8) is 0 Å². The lowest BCUT2D eigenvalue weighted by Crippen LogP contribution is -2.35. The number of nitrogens with two attached hydrogens (primary N) is 1. The van der Waals surface area contributed by atoms with Crippen LogP contribution in [-0.4, -0.2) is 17.3 Å². The van der Waals surface area contributed by atoms with Crippen molar-refractivity contribution in [3.8, 4) is 0 Å². The molecule has 0 spiro atoms. The Kier molecular flexibility index (Phi) is 2.16. The Bertz CT molecular complexity index is 204. The van der Waals surface area contributed by atoms with E-state index in [4.69, 9.17) is 5.73 Å². The van der Waals surface area contributed by atoms with E-state index >= 15 is 0 Å². The first kappa shape index (κ1) is 8.50. The molecule has 0 radical (unpaired) electrons. The zero-order chi connectivity index (χ0) is 8.48. The standard InChI is InChI=1S/C9H15NO/c1-7-8(6-10)4-3-5-9(7,2)11/h3-5,7,11H,6,10H2,1-2H3. The summed E-state index contributed by atoms with van der Waals surface area (Å²) in [5.74, 6) is 0.137. The van der Waals surface area contributed by atoms with Crippen molar-refractivity contribution in [2.24, 2.45) is 11.7 Å². The van der Waals surface area contributed by atoms with Crippen molar-refractivity contribution < 1.29 is 5.11 Å². The highest BCUT2D eigenvalue weighted by atomic mass is 16.3. The summed E-state index contributed by atoms with van der Waals surface area (Å²) in [6.45, 7) is 4.32. The predicted molar refractivity (Wildman–Crippen MR) is 46.1 cm³/mol. The van der Waals surface area contributed by atoms with Crippen LogP contribution in [-0.2, 0) is 0 Å². The molecule has 1 aliphatic carbocycles. The number of rotatable bonds is 1. The van der Waals surface area contributed by atoms with Crippen LogP contribution < -0.4 is 5.73 Å². The number of hydrogen-bond acceptors (Lipinski definition) is 2. The molecule has 2 unspecified atom stereocenters. The number of allylic oxidation sites excluding steroid dienone is 2. The van der Waals surface area contributed by atoms with Crippen LogP contribution in [0.1, 0.15) is 13.8 Å². The summed E-state index contributed by atoms with van der Waals surface area (Å²) < 4.78 is 0. The molecule has 0 amide bonds. The van der Waals surface area contributed by atoms with E-state index in [1.54, 1.807) is 13.0 Å². The molecule has 0 aliphatic heterocycles. The van der Waals surface area contributed by atoms with Crippen molar-refractivity contribution in [2.45, 2.75) is 19.4 Å². The number of aliphatic hydroxyl groups is 1. The Balaban J connectivity index is 2.86. The minimum Gasteiger partial charge on any atom is -0.385 e. The molecule has 0 fully saturated rings. The van der Waals surface area contributed by atoms with Gasteiger partial charge < -0.3 is 10.8 Å². The second-order valence-electron chi connectivity index (χ2n) is 3.25. The van der Waals surface area contributed by atoms with Crippen molar-refractivity contribution in [2.75, 3.05) is 6.54 Å². The molecular weight excluding hydrogens is 138 g/mol. The summed E-state index contributed by atoms with van der Waals surface area (Å²) in [7, 11) is 0. The van der Waals surface area contributed by atoms with Crippen LogP contribution in [0.2, 0.25) is 0 Å². The maximum atomic E-state index is 9.76. The Morgan fingerprint density at radius 3 is 2.82 bits per heavy atom. The van der Waals surface area contributed by atoms with Gasteiger partial charge in [0.15, 0.2) is 0 Å². The van der Waals surface area contributed by atoms with Gasteiger partial charge in [0, 0.05) is 12.5 Å². The fourth-order valence-corrected chi connectivity index (χ4v) is 1.28. The third-order valence-electron chi connectivity index (χ3n) is 2.41. The number of hydrogen-bond donors (Lipinski definition) is 2. The van der Waals surface area contributed by atoms with Gasteiger partial charge in [-0.05, 0) is 6.92 Å². The summed E-state index contributed by atoms with van der Waals surface area (Å²) in [6.07, 6.45) is 5.64. The topological polar surface area (TPSA) is 46.2 Å². The average Bonchev–Trinajstić information content (AvgIpc) is 1.95. The third-order valence-corrected chi connectivity index (χ3v) is 2.41. The Morgan fingerprint density at radius 2 is 2.36 bits per heavy atom. The predicted octanol–water partition coefficient (Wildman–Crippen LogP) is 0.828. The van der Waals surface area contributed by atoms with E-state index in [0.29, 0.717) is 6.54 Å². The fourth-order valence-electron chi connectivity index (χ4n) is 1.28. The monoisotopic (exact) mass is 153 g/mol. The Labute approximate surface area is 67.4 Å². The van der Waals surface area contributed by atoms with Gasteiger partial charge in [0.25, 0.3) is 0 Å². The lowest BCUT2D eigenvalue weighted by atomic mass is 9.81. The molecule has 2 atom stereocenters. The summed E-state index contributed by atoms with van der Waals surface area (Å²) in [5, 5.41) is 9.76. The lowest BCUT2D eigenvalue weighted by Gasteiger charge is -2.31. The van der Waals surface area contributed by atoms with E-state index < -0.39 is 5.60 Å². The van der Waals surface area contributed by atoms with E-state index in [9.17, 15) is 5.11 Å². The highest BCUT2D eigenvalue weighted by molar-refractivity contribution is 5.27. The molecule has 2 heteroatoms. The van der Waals surface area contributed by atoms with Crippen molar-refractivity contribution in [1.82, 2.24) is 0 Å². The summed E-state index contributed by atoms with van der Waals surface area (Å²) in [5.41, 5.74) is 5.89. The normalized spacial score (nSPS) is 37.1. The van der Waals surface area contributed by atoms with Crippen LogP contribution >= 0.6 is 0 Å². The van der Waals surface area contributed by atoms with Crippen LogP contribution in [0.4, 0.5) is 0 Å². The van der Waals surface area contributed by atoms with Crippen LogP contribution in [0.15, 0.2) is 23.8 Å². The van der Waals surface area contributed by atoms with E-state index in [-0.39, 0.29) is 5.92 Å². The van der Waals surface area contributed by atoms with E-state index in [1.807, 2.05) is 19.1 Å². The van der Waals surface area contributed by atoms with Gasteiger partial charge >= 0.3 is 0 Å². The molecule has 0 bridgehead atoms. The summed E-state index contributed by atoms with van der Waals surface area (Å²) >= 11 is 0. The summed E-state index contributed by atoms with van der Waals surface area (Å²) in [6, 6.07) is 0. The Hall–Kier alpha value is -0.600. The van der Waals surface area contributed by atoms with Crippen molar-refractivity contribution in [1.29, 1.82) is 0 Å². The smallest absolute Gasteiger partial charge is 0.0865 e. The maximum absolute atomic E-state index is 9.76. The molecule has 0 saturated heterocycles. The minimum atomic E-state index is -0.719. The molecule has 1 rings (SSSR count). The van der Waals surface area contributed by atoms with Gasteiger partial charge in [0.2, 0.25) is 0 Å². The van der Waals surface area contributed by atoms with E-state index in [2.05, 4.69) is 0 Å². The van der Waals surface area contributed by atoms with E-state index in [0.717, 1.165) is 5.57 Å². The average molecular weight is 153 g/mol. The van der Waals surface area contributed by atoms with Gasteiger partial charge in [-0.1, -0.05) is 30.7 Å². The molecule has 11 heavy (non-hydrogen) atoms. The van der Waals surface area contributed by atoms with Gasteiger partial charge in [-0.15, -0.1) is 0 Å². The highest BCUT2D eigenvalue weighted by Crippen LogP contribution is 2.28. The highest BCUT2D eigenvalue weighted by Gasteiger charge is 2.29. The zero-order valence-electron chi connectivity index (χ0n) is 7.04. The summed E-state index contributed by atoms with van der Waals surface area (Å²) in [4.78, 5) is 0. The second kappa shape index (κ2) is 2.80. The lowest BCUT2D eigenvalue weighted by molar-refractivity contribution is 0.0676. The molecule has 0 aromatic heterocycles. The first-order valence-corrected chi connectivity index (χ1v) is 3.88. The largest absolute Gasteiger partial charge is 0.385 e. The molecule has 0 aromatic carbocycles. The first-order chi connectivity index (χ1) is 5.08. The Morgan fingerprint density at radius 1 is 1.73 bits per heavy atom. The van der Waals surface area contributed by atoms with Crippen LogP contribution in [0.5, 0.6) is 0 Å². The minimum absolute atomic E-state index is 0.137. The molecular formula is C9H15NO. The van der Waals surface area contributed by atoms with Crippen LogP contribution in [0, 0.1) is 5.92 Å². The SMILES string of the molecule is CC1C(CN)=CC=CC1(C)O. The van der Waals surface area contributed by atoms with Crippen molar-refractivity contribution in [3.05, 3.63) is 23.8 Å².